The van der Waals surface area contributed by atoms with E-state index < -0.39 is 29.0 Å². The number of benzene rings is 1. The van der Waals surface area contributed by atoms with Crippen LogP contribution >= 0.6 is 11.6 Å². The number of nitrogens with one attached hydrogen (secondary N) is 1. The van der Waals surface area contributed by atoms with Crippen molar-refractivity contribution in [3.8, 4) is 0 Å². The number of hydrogen-bond donors (Lipinski definition) is 1. The zero-order valence-electron chi connectivity index (χ0n) is 14.7. The van der Waals surface area contributed by atoms with Crippen LogP contribution in [-0.4, -0.2) is 33.7 Å². The number of aryl methyl sites for hydroxylation is 2. The van der Waals surface area contributed by atoms with Gasteiger partial charge < -0.3 is 5.32 Å². The summed E-state index contributed by atoms with van der Waals surface area (Å²) in [5, 5.41) is 6.98. The highest BCUT2D eigenvalue weighted by atomic mass is 35.5. The van der Waals surface area contributed by atoms with Crippen LogP contribution in [-0.2, 0) is 18.4 Å². The molecule has 0 saturated carbocycles. The molecule has 0 unspecified atom stereocenters. The first kappa shape index (κ1) is 20.3. The Morgan fingerprint density at radius 2 is 2.00 bits per heavy atom. The van der Waals surface area contributed by atoms with Crippen molar-refractivity contribution in [2.75, 3.05) is 18.4 Å². The molecule has 26 heavy (non-hydrogen) atoms. The van der Waals surface area contributed by atoms with Crippen molar-refractivity contribution in [3.05, 3.63) is 46.0 Å². The van der Waals surface area contributed by atoms with Crippen LogP contribution in [0.5, 0.6) is 0 Å². The molecule has 1 N–H and O–H groups in total. The summed E-state index contributed by atoms with van der Waals surface area (Å²) in [5.74, 6) is -4.90. The maximum absolute atomic E-state index is 13.7. The molecule has 0 radical (unpaired) electrons. The highest BCUT2D eigenvalue weighted by Gasteiger charge is 2.19. The minimum Gasteiger partial charge on any atom is -0.322 e. The van der Waals surface area contributed by atoms with Gasteiger partial charge >= 0.3 is 0 Å². The first-order valence-electron chi connectivity index (χ1n) is 8.08. The van der Waals surface area contributed by atoms with Crippen molar-refractivity contribution in [2.24, 2.45) is 7.05 Å². The van der Waals surface area contributed by atoms with Gasteiger partial charge in [-0.25, -0.2) is 13.2 Å². The van der Waals surface area contributed by atoms with E-state index in [0.717, 1.165) is 29.8 Å². The molecule has 2 aromatic rings. The van der Waals surface area contributed by atoms with Crippen molar-refractivity contribution in [3.63, 3.8) is 0 Å². The second-order valence-electron chi connectivity index (χ2n) is 5.96. The zero-order valence-corrected chi connectivity index (χ0v) is 15.5. The second kappa shape index (κ2) is 8.55. The average molecular weight is 389 g/mol. The lowest BCUT2D eigenvalue weighted by molar-refractivity contribution is -0.117. The van der Waals surface area contributed by atoms with Crippen LogP contribution in [0, 0.1) is 24.4 Å². The summed E-state index contributed by atoms with van der Waals surface area (Å²) in [6, 6.07) is 1.74. The summed E-state index contributed by atoms with van der Waals surface area (Å²) >= 11 is 6.22. The molecule has 5 nitrogen and oxygen atoms in total. The SMILES string of the molecule is CCCN(CC(=O)Nc1ccc(F)c(F)c1F)Cc1c(C)nn(C)c1Cl. The fraction of sp³-hybridized carbons (Fsp3) is 0.412. The van der Waals surface area contributed by atoms with Crippen LogP contribution in [0.25, 0.3) is 0 Å². The Morgan fingerprint density at radius 3 is 2.58 bits per heavy atom. The van der Waals surface area contributed by atoms with Crippen LogP contribution in [0.2, 0.25) is 5.15 Å². The number of hydrogen-bond acceptors (Lipinski definition) is 3. The number of rotatable bonds is 7. The number of nitrogens with zero attached hydrogens (tertiary/aromatic N) is 3. The van der Waals surface area contributed by atoms with E-state index in [-0.39, 0.29) is 6.54 Å². The third-order valence-corrected chi connectivity index (χ3v) is 4.34. The molecule has 0 saturated heterocycles. The highest BCUT2D eigenvalue weighted by Crippen LogP contribution is 2.22. The molecule has 1 aromatic carbocycles. The standard InChI is InChI=1S/C17H20ClF3N4O/c1-4-7-25(8-11-10(2)23-24(3)17(11)18)9-14(26)22-13-6-5-12(19)15(20)16(13)21/h5-6H,4,7-9H2,1-3H3,(H,22,26). The molecule has 0 spiro atoms. The molecule has 142 valence electrons. The number of anilines is 1. The van der Waals surface area contributed by atoms with Gasteiger partial charge in [-0.2, -0.15) is 5.10 Å². The lowest BCUT2D eigenvalue weighted by atomic mass is 10.2. The fourth-order valence-corrected chi connectivity index (χ4v) is 2.86. The van der Waals surface area contributed by atoms with Crippen molar-refractivity contribution >= 4 is 23.2 Å². The second-order valence-corrected chi connectivity index (χ2v) is 6.32. The van der Waals surface area contributed by atoms with Crippen LogP contribution in [0.4, 0.5) is 18.9 Å². The summed E-state index contributed by atoms with van der Waals surface area (Å²) < 4.78 is 41.5. The molecule has 0 aliphatic rings. The maximum atomic E-state index is 13.7. The summed E-state index contributed by atoms with van der Waals surface area (Å²) in [4.78, 5) is 14.0. The van der Waals surface area contributed by atoms with Crippen LogP contribution in [0.1, 0.15) is 24.6 Å². The van der Waals surface area contributed by atoms with E-state index in [2.05, 4.69) is 10.4 Å². The fourth-order valence-electron chi connectivity index (χ4n) is 2.62. The lowest BCUT2D eigenvalue weighted by Gasteiger charge is -2.21. The first-order valence-corrected chi connectivity index (χ1v) is 8.46. The minimum absolute atomic E-state index is 0.0586. The van der Waals surface area contributed by atoms with Gasteiger partial charge in [0.25, 0.3) is 0 Å². The summed E-state index contributed by atoms with van der Waals surface area (Å²) in [5.41, 5.74) is 1.15. The molecular weight excluding hydrogens is 369 g/mol. The van der Waals surface area contributed by atoms with E-state index in [9.17, 15) is 18.0 Å². The smallest absolute Gasteiger partial charge is 0.238 e. The van der Waals surface area contributed by atoms with Crippen molar-refractivity contribution in [2.45, 2.75) is 26.8 Å². The third kappa shape index (κ3) is 4.56. The van der Waals surface area contributed by atoms with Gasteiger partial charge in [-0.05, 0) is 32.0 Å². The van der Waals surface area contributed by atoms with Crippen LogP contribution in [0.3, 0.4) is 0 Å². The molecule has 2 rings (SSSR count). The highest BCUT2D eigenvalue weighted by molar-refractivity contribution is 6.30. The third-order valence-electron chi connectivity index (χ3n) is 3.87. The Labute approximate surface area is 154 Å². The Kier molecular flexibility index (Phi) is 6.66. The molecule has 0 aliphatic carbocycles. The molecule has 0 aliphatic heterocycles. The number of carbonyl (C=O) groups excluding carboxylic acids is 1. The Bertz CT molecular complexity index is 810. The molecule has 1 aromatic heterocycles. The predicted octanol–water partition coefficient (Wildman–Crippen LogP) is 3.65. The average Bonchev–Trinajstić information content (AvgIpc) is 2.82. The van der Waals surface area contributed by atoms with Gasteiger partial charge in [-0.15, -0.1) is 0 Å². The van der Waals surface area contributed by atoms with Gasteiger partial charge in [0.05, 0.1) is 17.9 Å². The largest absolute Gasteiger partial charge is 0.322 e. The quantitative estimate of drug-likeness (QED) is 0.736. The van der Waals surface area contributed by atoms with Gasteiger partial charge in [0.15, 0.2) is 17.5 Å². The maximum Gasteiger partial charge on any atom is 0.238 e. The van der Waals surface area contributed by atoms with E-state index in [4.69, 9.17) is 11.6 Å². The Hall–Kier alpha value is -2.06. The number of amides is 1. The summed E-state index contributed by atoms with van der Waals surface area (Å²) in [6.07, 6.45) is 0.781. The van der Waals surface area contributed by atoms with Crippen LogP contribution in [0.15, 0.2) is 12.1 Å². The molecule has 1 heterocycles. The van der Waals surface area contributed by atoms with E-state index in [1.807, 2.05) is 18.7 Å². The van der Waals surface area contributed by atoms with E-state index in [0.29, 0.717) is 18.2 Å². The molecule has 0 fully saturated rings. The topological polar surface area (TPSA) is 50.2 Å². The van der Waals surface area contributed by atoms with Gasteiger partial charge in [0.1, 0.15) is 5.15 Å². The zero-order chi connectivity index (χ0) is 19.4. The van der Waals surface area contributed by atoms with Crippen molar-refractivity contribution in [1.82, 2.24) is 14.7 Å². The number of halogens is 4. The van der Waals surface area contributed by atoms with Crippen LogP contribution < -0.4 is 5.32 Å². The minimum atomic E-state index is -1.62. The lowest BCUT2D eigenvalue weighted by Crippen LogP contribution is -2.34. The first-order chi connectivity index (χ1) is 12.2. The predicted molar refractivity (Wildman–Crippen MR) is 93.5 cm³/mol. The summed E-state index contributed by atoms with van der Waals surface area (Å²) in [6.45, 7) is 4.70. The molecule has 0 atom stereocenters. The molecule has 0 bridgehead atoms. The summed E-state index contributed by atoms with van der Waals surface area (Å²) in [7, 11) is 1.72. The van der Waals surface area contributed by atoms with Crippen molar-refractivity contribution in [1.29, 1.82) is 0 Å². The van der Waals surface area contributed by atoms with Gasteiger partial charge in [-0.1, -0.05) is 18.5 Å². The van der Waals surface area contributed by atoms with Crippen molar-refractivity contribution < 1.29 is 18.0 Å². The normalized spacial score (nSPS) is 11.2. The van der Waals surface area contributed by atoms with Gasteiger partial charge in [0.2, 0.25) is 5.91 Å². The van der Waals surface area contributed by atoms with Gasteiger partial charge in [-0.3, -0.25) is 14.4 Å². The molecule has 1 amide bonds. The Balaban J connectivity index is 2.09. The van der Waals surface area contributed by atoms with E-state index in [1.165, 1.54) is 0 Å². The Morgan fingerprint density at radius 1 is 1.31 bits per heavy atom. The van der Waals surface area contributed by atoms with Gasteiger partial charge in [0, 0.05) is 19.2 Å². The van der Waals surface area contributed by atoms with E-state index >= 15 is 0 Å². The van der Waals surface area contributed by atoms with E-state index in [1.54, 1.807) is 11.7 Å². The number of carbonyl (C=O) groups is 1. The molecular formula is C17H20ClF3N4O. The monoisotopic (exact) mass is 388 g/mol. The number of aromatic nitrogens is 2. The molecule has 9 heteroatoms.